The lowest BCUT2D eigenvalue weighted by Gasteiger charge is -2.63. The highest BCUT2D eigenvalue weighted by molar-refractivity contribution is 6.01. The molecule has 0 aromatic heterocycles. The van der Waals surface area contributed by atoms with Crippen molar-refractivity contribution in [2.45, 2.75) is 81.9 Å². The molecule has 4 aliphatic carbocycles. The summed E-state index contributed by atoms with van der Waals surface area (Å²) in [4.78, 5) is 25.6. The van der Waals surface area contributed by atoms with Gasteiger partial charge in [0.05, 0.1) is 12.2 Å². The normalized spacial score (nSPS) is 48.0. The van der Waals surface area contributed by atoms with Crippen molar-refractivity contribution in [2.24, 2.45) is 22.7 Å². The molecule has 1 aliphatic heterocycles. The highest BCUT2D eigenvalue weighted by Crippen LogP contribution is 2.72. The molecule has 2 N–H and O–H groups in total. The molecule has 38 heavy (non-hydrogen) atoms. The molecule has 3 saturated carbocycles. The maximum absolute atomic E-state index is 17.4. The Morgan fingerprint density at radius 3 is 2.58 bits per heavy atom. The van der Waals surface area contributed by atoms with Crippen LogP contribution in [0.5, 0.6) is 0 Å². The van der Waals surface area contributed by atoms with Gasteiger partial charge in [0.2, 0.25) is 0 Å². The lowest BCUT2D eigenvalue weighted by Crippen LogP contribution is -2.71. The number of halogens is 2. The minimum Gasteiger partial charge on any atom is -0.390 e. The highest BCUT2D eigenvalue weighted by Gasteiger charge is 2.80. The first-order valence-electron chi connectivity index (χ1n) is 13.4. The third kappa shape index (κ3) is 3.00. The number of fused-ring (bicyclic) bond motifs is 7. The number of aliphatic hydroxyl groups excluding tert-OH is 2. The predicted molar refractivity (Wildman–Crippen MR) is 133 cm³/mol. The van der Waals surface area contributed by atoms with Gasteiger partial charge in [0, 0.05) is 22.7 Å². The molecule has 8 heteroatoms. The van der Waals surface area contributed by atoms with Crippen molar-refractivity contribution in [1.29, 1.82) is 0 Å². The molecule has 11 atom stereocenters. The topological polar surface area (TPSA) is 93.1 Å². The quantitative estimate of drug-likeness (QED) is 0.618. The van der Waals surface area contributed by atoms with Crippen LogP contribution >= 0.6 is 0 Å². The van der Waals surface area contributed by atoms with E-state index in [4.69, 9.17) is 9.47 Å². The summed E-state index contributed by atoms with van der Waals surface area (Å²) >= 11 is 0. The van der Waals surface area contributed by atoms with E-state index in [2.05, 4.69) is 0 Å². The van der Waals surface area contributed by atoms with Crippen LogP contribution in [0.15, 0.2) is 54.1 Å². The third-order valence-electron chi connectivity index (χ3n) is 10.7. The molecule has 6 nitrogen and oxygen atoms in total. The first-order chi connectivity index (χ1) is 17.9. The van der Waals surface area contributed by atoms with Crippen LogP contribution < -0.4 is 0 Å². The largest absolute Gasteiger partial charge is 0.390 e. The Morgan fingerprint density at radius 2 is 1.89 bits per heavy atom. The first-order valence-corrected chi connectivity index (χ1v) is 13.4. The molecule has 1 heterocycles. The number of hydrogen-bond donors (Lipinski definition) is 2. The van der Waals surface area contributed by atoms with Gasteiger partial charge in [-0.05, 0) is 55.4 Å². The fourth-order valence-corrected chi connectivity index (χ4v) is 8.73. The molecule has 1 aromatic carbocycles. The number of rotatable bonds is 4. The molecule has 5 aliphatic rings. The second kappa shape index (κ2) is 8.37. The van der Waals surface area contributed by atoms with Crippen LogP contribution in [0.2, 0.25) is 0 Å². The zero-order valence-electron chi connectivity index (χ0n) is 21.8. The van der Waals surface area contributed by atoms with Crippen molar-refractivity contribution >= 4 is 11.6 Å². The van der Waals surface area contributed by atoms with Crippen LogP contribution in [0.1, 0.15) is 51.5 Å². The maximum Gasteiger partial charge on any atom is 0.193 e. The molecule has 0 unspecified atom stereocenters. The molecule has 6 rings (SSSR count). The van der Waals surface area contributed by atoms with Gasteiger partial charge >= 0.3 is 0 Å². The van der Waals surface area contributed by atoms with E-state index in [1.807, 2.05) is 37.3 Å². The van der Waals surface area contributed by atoms with E-state index in [0.29, 0.717) is 0 Å². The van der Waals surface area contributed by atoms with Crippen LogP contribution in [-0.4, -0.2) is 64.3 Å². The fraction of sp³-hybridized carbons (Fsp3) is 0.600. The number of carbonyl (C=O) groups is 2. The monoisotopic (exact) mass is 528 g/mol. The molecule has 0 amide bonds. The summed E-state index contributed by atoms with van der Waals surface area (Å²) in [7, 11) is 0. The SMILES string of the molecule is C[C@H](c1ccccc1)[C@@H]1O[C@@H]2C[C@H]3[C@@H]4C[C@H](F)C5=CC(=O)C=C[C@]5(C)[C@@]4(F)[C@@H](O)C[C@]3(C)[C@]2(C(=O)CO)O1. The average molecular weight is 529 g/mol. The molecule has 0 radical (unpaired) electrons. The summed E-state index contributed by atoms with van der Waals surface area (Å²) in [6, 6.07) is 9.58. The van der Waals surface area contributed by atoms with Crippen molar-refractivity contribution in [2.75, 3.05) is 6.61 Å². The van der Waals surface area contributed by atoms with Gasteiger partial charge in [0.1, 0.15) is 12.8 Å². The van der Waals surface area contributed by atoms with Crippen LogP contribution in [0, 0.1) is 22.7 Å². The Morgan fingerprint density at radius 1 is 1.18 bits per heavy atom. The van der Waals surface area contributed by atoms with Crippen LogP contribution in [0.3, 0.4) is 0 Å². The molecule has 0 spiro atoms. The smallest absolute Gasteiger partial charge is 0.193 e. The summed E-state index contributed by atoms with van der Waals surface area (Å²) < 4.78 is 46.0. The molecule has 1 aromatic rings. The molecular weight excluding hydrogens is 494 g/mol. The van der Waals surface area contributed by atoms with Gasteiger partial charge < -0.3 is 19.7 Å². The minimum absolute atomic E-state index is 0.0509. The Bertz CT molecular complexity index is 1230. The van der Waals surface area contributed by atoms with Gasteiger partial charge in [-0.1, -0.05) is 50.3 Å². The van der Waals surface area contributed by atoms with Gasteiger partial charge in [0.15, 0.2) is 29.1 Å². The van der Waals surface area contributed by atoms with Crippen molar-refractivity contribution < 1.29 is 38.1 Å². The lowest BCUT2D eigenvalue weighted by molar-refractivity contribution is -0.235. The second-order valence-corrected chi connectivity index (χ2v) is 12.2. The van der Waals surface area contributed by atoms with Crippen molar-refractivity contribution in [3.63, 3.8) is 0 Å². The molecule has 0 bridgehead atoms. The van der Waals surface area contributed by atoms with E-state index >= 15 is 8.78 Å². The van der Waals surface area contributed by atoms with Gasteiger partial charge in [-0.25, -0.2) is 8.78 Å². The number of Topliss-reactive ketones (excluding diaryl/α,β-unsaturated/α-hetero) is 1. The molecule has 204 valence electrons. The summed E-state index contributed by atoms with van der Waals surface area (Å²) in [5.74, 6) is -2.73. The standard InChI is InChI=1S/C30H34F2O6/c1-16(17-7-5-4-6-8-17)26-37-25-13-19-20-12-22(31)21-11-18(34)9-10-27(21,2)29(20,32)23(35)14-28(19,3)30(25,38-26)24(36)15-33/h4-11,16,19-20,22-23,25-26,33,35H,12-15H2,1-3H3/t16-,19+,20+,22+,23+,25-,26-,27+,28+,29+,30-/m1/s1. The highest BCUT2D eigenvalue weighted by atomic mass is 19.1. The average Bonchev–Trinajstić information content (AvgIpc) is 3.40. The van der Waals surface area contributed by atoms with Crippen LogP contribution in [0.4, 0.5) is 8.78 Å². The Balaban J connectivity index is 1.42. The lowest BCUT2D eigenvalue weighted by atomic mass is 9.44. The molecule has 4 fully saturated rings. The fourth-order valence-electron chi connectivity index (χ4n) is 8.73. The zero-order valence-corrected chi connectivity index (χ0v) is 21.8. The van der Waals surface area contributed by atoms with Crippen molar-refractivity contribution in [1.82, 2.24) is 0 Å². The van der Waals surface area contributed by atoms with E-state index < -0.39 is 76.8 Å². The van der Waals surface area contributed by atoms with E-state index in [1.165, 1.54) is 12.2 Å². The Hall–Kier alpha value is -2.26. The Kier molecular flexibility index (Phi) is 5.72. The summed E-state index contributed by atoms with van der Waals surface area (Å²) in [6.45, 7) is 4.47. The number of allylic oxidation sites excluding steroid dienone is 4. The van der Waals surface area contributed by atoms with E-state index in [9.17, 15) is 19.8 Å². The number of alkyl halides is 2. The number of benzene rings is 1. The number of ketones is 2. The number of carbonyl (C=O) groups excluding carboxylic acids is 2. The van der Waals surface area contributed by atoms with E-state index in [1.54, 1.807) is 13.8 Å². The second-order valence-electron chi connectivity index (χ2n) is 12.2. The number of hydrogen-bond acceptors (Lipinski definition) is 6. The summed E-state index contributed by atoms with van der Waals surface area (Å²) in [5, 5.41) is 21.6. The molecule has 1 saturated heterocycles. The minimum atomic E-state index is -2.26. The van der Waals surface area contributed by atoms with Crippen LogP contribution in [-0.2, 0) is 19.1 Å². The molecular formula is C30H34F2O6. The zero-order chi connectivity index (χ0) is 27.3. The van der Waals surface area contributed by atoms with E-state index in [-0.39, 0.29) is 30.8 Å². The van der Waals surface area contributed by atoms with E-state index in [0.717, 1.165) is 11.6 Å². The number of ether oxygens (including phenoxy) is 2. The number of aliphatic hydroxyl groups is 2. The first kappa shape index (κ1) is 26.0. The predicted octanol–water partition coefficient (Wildman–Crippen LogP) is 3.76. The van der Waals surface area contributed by atoms with Crippen LogP contribution in [0.25, 0.3) is 0 Å². The third-order valence-corrected chi connectivity index (χ3v) is 10.7. The van der Waals surface area contributed by atoms with Gasteiger partial charge in [-0.3, -0.25) is 9.59 Å². The van der Waals surface area contributed by atoms with Gasteiger partial charge in [-0.2, -0.15) is 0 Å². The summed E-state index contributed by atoms with van der Waals surface area (Å²) in [6.07, 6.45) is -1.05. The van der Waals surface area contributed by atoms with Gasteiger partial charge in [-0.15, -0.1) is 0 Å². The van der Waals surface area contributed by atoms with Crippen molar-refractivity contribution in [3.05, 3.63) is 59.7 Å². The maximum atomic E-state index is 17.4. The summed E-state index contributed by atoms with van der Waals surface area (Å²) in [5.41, 5.74) is -5.49. The van der Waals surface area contributed by atoms with Crippen molar-refractivity contribution in [3.8, 4) is 0 Å². The van der Waals surface area contributed by atoms with Gasteiger partial charge in [0.25, 0.3) is 0 Å². The Labute approximate surface area is 220 Å².